The van der Waals surface area contributed by atoms with Crippen molar-refractivity contribution >= 4 is 11.6 Å². The van der Waals surface area contributed by atoms with Crippen molar-refractivity contribution < 1.29 is 22.9 Å². The van der Waals surface area contributed by atoms with Gasteiger partial charge in [-0.25, -0.2) is 0 Å². The molecule has 8 heteroatoms. The minimum absolute atomic E-state index is 0.293. The van der Waals surface area contributed by atoms with Crippen LogP contribution in [0.25, 0.3) is 0 Å². The molecule has 1 aliphatic heterocycles. The zero-order valence-electron chi connectivity index (χ0n) is 11.0. The molecule has 1 amide bonds. The lowest BCUT2D eigenvalue weighted by atomic mass is 10.1. The number of hydrogen-bond acceptors (Lipinski definition) is 3. The van der Waals surface area contributed by atoms with Crippen molar-refractivity contribution in [3.8, 4) is 0 Å². The maximum absolute atomic E-state index is 12.8. The third kappa shape index (κ3) is 3.50. The number of carbonyl (C=O) groups excluding carboxylic acids is 1. The van der Waals surface area contributed by atoms with Gasteiger partial charge >= 0.3 is 6.18 Å². The summed E-state index contributed by atoms with van der Waals surface area (Å²) in [6.45, 7) is 0.922. The summed E-state index contributed by atoms with van der Waals surface area (Å²) >= 11 is 0. The zero-order valence-corrected chi connectivity index (χ0v) is 11.0. The lowest BCUT2D eigenvalue weighted by molar-refractivity contribution is -0.385. The van der Waals surface area contributed by atoms with Gasteiger partial charge in [0.25, 0.3) is 11.6 Å². The number of non-ortho nitro benzene ring substituents is 1. The van der Waals surface area contributed by atoms with Crippen LogP contribution in [0.3, 0.4) is 0 Å². The van der Waals surface area contributed by atoms with Gasteiger partial charge in [0.15, 0.2) is 0 Å². The van der Waals surface area contributed by atoms with Gasteiger partial charge in [-0.1, -0.05) is 0 Å². The quantitative estimate of drug-likeness (QED) is 0.622. The number of carbonyl (C=O) groups is 1. The number of nitrogens with zero attached hydrogens (tertiary/aromatic N) is 2. The van der Waals surface area contributed by atoms with E-state index in [4.69, 9.17) is 0 Å². The molecule has 21 heavy (non-hydrogen) atoms. The summed E-state index contributed by atoms with van der Waals surface area (Å²) in [5, 5.41) is 10.7. The van der Waals surface area contributed by atoms with Crippen LogP contribution in [0.4, 0.5) is 18.9 Å². The zero-order chi connectivity index (χ0) is 15.6. The van der Waals surface area contributed by atoms with Crippen LogP contribution in [-0.2, 0) is 6.18 Å². The van der Waals surface area contributed by atoms with Crippen molar-refractivity contribution in [1.29, 1.82) is 0 Å². The summed E-state index contributed by atoms with van der Waals surface area (Å²) in [5.41, 5.74) is -2.21. The van der Waals surface area contributed by atoms with Gasteiger partial charge in [-0.05, 0) is 25.3 Å². The predicted octanol–water partition coefficient (Wildman–Crippen LogP) is 3.24. The van der Waals surface area contributed by atoms with Crippen molar-refractivity contribution in [3.05, 3.63) is 39.4 Å². The Morgan fingerprint density at radius 3 is 2.29 bits per heavy atom. The smallest absolute Gasteiger partial charge is 0.339 e. The van der Waals surface area contributed by atoms with E-state index in [-0.39, 0.29) is 5.56 Å². The van der Waals surface area contributed by atoms with Crippen LogP contribution >= 0.6 is 0 Å². The number of likely N-dealkylation sites (tertiary alicyclic amines) is 1. The van der Waals surface area contributed by atoms with Gasteiger partial charge in [-0.3, -0.25) is 14.9 Å². The van der Waals surface area contributed by atoms with Gasteiger partial charge in [0.2, 0.25) is 0 Å². The Hall–Kier alpha value is -2.12. The molecule has 0 bridgehead atoms. The summed E-state index contributed by atoms with van der Waals surface area (Å²) in [4.78, 5) is 23.4. The van der Waals surface area contributed by atoms with Crippen LogP contribution in [0.2, 0.25) is 0 Å². The number of alkyl halides is 3. The van der Waals surface area contributed by atoms with Crippen LogP contribution in [0, 0.1) is 10.1 Å². The molecule has 0 unspecified atom stereocenters. The molecule has 1 aliphatic rings. The number of piperidine rings is 1. The molecule has 0 aliphatic carbocycles. The van der Waals surface area contributed by atoms with E-state index in [0.29, 0.717) is 25.2 Å². The first kappa shape index (κ1) is 15.3. The van der Waals surface area contributed by atoms with E-state index in [1.807, 2.05) is 0 Å². The van der Waals surface area contributed by atoms with E-state index in [2.05, 4.69) is 0 Å². The molecule has 1 aromatic rings. The first-order chi connectivity index (χ1) is 9.79. The Morgan fingerprint density at radius 1 is 1.14 bits per heavy atom. The summed E-state index contributed by atoms with van der Waals surface area (Å²) in [5.74, 6) is -0.594. The summed E-state index contributed by atoms with van der Waals surface area (Å²) in [7, 11) is 0. The number of benzene rings is 1. The van der Waals surface area contributed by atoms with Crippen LogP contribution in [0.1, 0.15) is 35.2 Å². The maximum Gasteiger partial charge on any atom is 0.416 e. The van der Waals surface area contributed by atoms with Crippen molar-refractivity contribution in [2.75, 3.05) is 13.1 Å². The molecule has 0 N–H and O–H groups in total. The Kier molecular flexibility index (Phi) is 4.15. The monoisotopic (exact) mass is 302 g/mol. The maximum atomic E-state index is 12.8. The predicted molar refractivity (Wildman–Crippen MR) is 67.9 cm³/mol. The fraction of sp³-hybridized carbons (Fsp3) is 0.462. The summed E-state index contributed by atoms with van der Waals surface area (Å²) in [6, 6.07) is 2.00. The lowest BCUT2D eigenvalue weighted by Gasteiger charge is -2.26. The van der Waals surface area contributed by atoms with Crippen molar-refractivity contribution in [3.63, 3.8) is 0 Å². The second-order valence-electron chi connectivity index (χ2n) is 4.88. The molecule has 0 radical (unpaired) electrons. The highest BCUT2D eigenvalue weighted by atomic mass is 19.4. The molecule has 5 nitrogen and oxygen atoms in total. The van der Waals surface area contributed by atoms with Crippen LogP contribution in [-0.4, -0.2) is 28.8 Å². The molecule has 0 saturated carbocycles. The second kappa shape index (κ2) is 5.71. The number of halogens is 3. The first-order valence-corrected chi connectivity index (χ1v) is 6.45. The average molecular weight is 302 g/mol. The van der Waals surface area contributed by atoms with Crippen LogP contribution in [0.15, 0.2) is 18.2 Å². The summed E-state index contributed by atoms with van der Waals surface area (Å²) in [6.07, 6.45) is -2.20. The standard InChI is InChI=1S/C13H13F3N2O3/c14-13(15,16)10-6-9(7-11(8-10)18(20)21)12(19)17-4-2-1-3-5-17/h6-8H,1-5H2. The highest BCUT2D eigenvalue weighted by Gasteiger charge is 2.34. The molecule has 1 saturated heterocycles. The Bertz CT molecular complexity index is 566. The molecule has 0 spiro atoms. The molecule has 0 atom stereocenters. The van der Waals surface area contributed by atoms with Crippen LogP contribution < -0.4 is 0 Å². The Balaban J connectivity index is 2.39. The highest BCUT2D eigenvalue weighted by molar-refractivity contribution is 5.95. The van der Waals surface area contributed by atoms with E-state index >= 15 is 0 Å². The number of hydrogen-bond donors (Lipinski definition) is 0. The minimum atomic E-state index is -4.73. The second-order valence-corrected chi connectivity index (χ2v) is 4.88. The van der Waals surface area contributed by atoms with E-state index in [1.54, 1.807) is 0 Å². The Labute approximate surface area is 118 Å². The topological polar surface area (TPSA) is 63.4 Å². The molecule has 1 fully saturated rings. The van der Waals surface area contributed by atoms with E-state index < -0.39 is 28.3 Å². The van der Waals surface area contributed by atoms with Gasteiger partial charge in [-0.15, -0.1) is 0 Å². The molecule has 2 rings (SSSR count). The van der Waals surface area contributed by atoms with Crippen LogP contribution in [0.5, 0.6) is 0 Å². The third-order valence-corrected chi connectivity index (χ3v) is 3.35. The fourth-order valence-electron chi connectivity index (χ4n) is 2.28. The van der Waals surface area contributed by atoms with Crippen molar-refractivity contribution in [2.24, 2.45) is 0 Å². The van der Waals surface area contributed by atoms with Gasteiger partial charge in [0.1, 0.15) is 0 Å². The van der Waals surface area contributed by atoms with Crippen molar-refractivity contribution in [1.82, 2.24) is 4.90 Å². The van der Waals surface area contributed by atoms with Gasteiger partial charge in [0.05, 0.1) is 10.5 Å². The van der Waals surface area contributed by atoms with E-state index in [9.17, 15) is 28.1 Å². The average Bonchev–Trinajstić information content (AvgIpc) is 2.46. The SMILES string of the molecule is O=C(c1cc([N+](=O)[O-])cc(C(F)(F)F)c1)N1CCCCC1. The van der Waals surface area contributed by atoms with Gasteiger partial charge in [0, 0.05) is 30.8 Å². The summed E-state index contributed by atoms with van der Waals surface area (Å²) < 4.78 is 38.3. The number of amides is 1. The fourth-order valence-corrected chi connectivity index (χ4v) is 2.28. The Morgan fingerprint density at radius 2 is 1.76 bits per heavy atom. The molecule has 1 aromatic carbocycles. The normalized spacial score (nSPS) is 15.9. The lowest BCUT2D eigenvalue weighted by Crippen LogP contribution is -2.35. The molecule has 114 valence electrons. The molecular weight excluding hydrogens is 289 g/mol. The van der Waals surface area contributed by atoms with E-state index in [0.717, 1.165) is 25.3 Å². The van der Waals surface area contributed by atoms with Crippen molar-refractivity contribution in [2.45, 2.75) is 25.4 Å². The first-order valence-electron chi connectivity index (χ1n) is 6.45. The van der Waals surface area contributed by atoms with Gasteiger partial charge in [-0.2, -0.15) is 13.2 Å². The number of rotatable bonds is 2. The van der Waals surface area contributed by atoms with Gasteiger partial charge < -0.3 is 4.90 Å². The molecule has 1 heterocycles. The minimum Gasteiger partial charge on any atom is -0.339 e. The highest BCUT2D eigenvalue weighted by Crippen LogP contribution is 2.33. The van der Waals surface area contributed by atoms with E-state index in [1.165, 1.54) is 4.90 Å². The largest absolute Gasteiger partial charge is 0.416 e. The molecule has 0 aromatic heterocycles. The number of nitro groups is 1. The number of nitro benzene ring substituents is 1. The molecular formula is C13H13F3N2O3. The third-order valence-electron chi connectivity index (χ3n) is 3.35.